The number of rotatable bonds is 0. The number of pyridine rings is 2. The van der Waals surface area contributed by atoms with Gasteiger partial charge in [-0.25, -0.2) is 0 Å². The lowest BCUT2D eigenvalue weighted by atomic mass is 9.89. The lowest BCUT2D eigenvalue weighted by molar-refractivity contribution is -0.955. The predicted octanol–water partition coefficient (Wildman–Crippen LogP) is 6.91. The Balaban J connectivity index is 1.51. The summed E-state index contributed by atoms with van der Waals surface area (Å²) in [6.07, 6.45) is 10.1. The quantitative estimate of drug-likeness (QED) is 0.212. The molecule has 0 amide bonds. The monoisotopic (exact) mass is 490 g/mol. The molecule has 5 heterocycles. The van der Waals surface area contributed by atoms with Crippen molar-refractivity contribution in [3.63, 3.8) is 0 Å². The standard InChI is InChI=1S/C35H26N2O/c1-20-11-16-30-27-8-4-5-10-28(27)35(36(30)18-20)29-15-14-26-25-13-12-23-7-6-9-24(23)33(25)38-34(26)32(29)31-17-21(2)22(3)19-37(31)35/h4-6,8-19H,7H2,1-3H3/q+2. The number of hydrogen-bond acceptors (Lipinski definition) is 1. The molecule has 9 rings (SSSR count). The Morgan fingerprint density at radius 3 is 2.47 bits per heavy atom. The van der Waals surface area contributed by atoms with Crippen molar-refractivity contribution < 1.29 is 13.6 Å². The Hall–Kier alpha value is -4.50. The fourth-order valence-electron chi connectivity index (χ4n) is 7.27. The molecule has 3 aliphatic rings. The van der Waals surface area contributed by atoms with Crippen LogP contribution in [0.25, 0.3) is 50.5 Å². The van der Waals surface area contributed by atoms with Crippen LogP contribution in [0.15, 0.2) is 89.6 Å². The minimum atomic E-state index is -0.518. The van der Waals surface area contributed by atoms with Crippen molar-refractivity contribution in [1.82, 2.24) is 0 Å². The zero-order chi connectivity index (χ0) is 25.3. The Bertz CT molecular complexity index is 2090. The molecule has 1 atom stereocenters. The van der Waals surface area contributed by atoms with Crippen molar-refractivity contribution in [2.24, 2.45) is 0 Å². The Kier molecular flexibility index (Phi) is 3.61. The van der Waals surface area contributed by atoms with E-state index in [0.717, 1.165) is 17.6 Å². The second-order valence-electron chi connectivity index (χ2n) is 11.2. The molecule has 0 saturated heterocycles. The highest BCUT2D eigenvalue weighted by molar-refractivity contribution is 6.12. The summed E-state index contributed by atoms with van der Waals surface area (Å²) in [6.45, 7) is 6.61. The SMILES string of the molecule is Cc1ccc2[n+](c1)C1(c3ccccc3-2)c2ccc3c(oc4c5c(ccc43)CC=C5)c2-c2cc(C)c(C)c[n+]21. The molecular formula is C35H26N2O+2. The van der Waals surface area contributed by atoms with Crippen molar-refractivity contribution in [2.75, 3.05) is 0 Å². The molecule has 3 heteroatoms. The predicted molar refractivity (Wildman–Crippen MR) is 150 cm³/mol. The van der Waals surface area contributed by atoms with Gasteiger partial charge >= 0.3 is 5.66 Å². The van der Waals surface area contributed by atoms with Gasteiger partial charge in [-0.3, -0.25) is 0 Å². The van der Waals surface area contributed by atoms with Gasteiger partial charge in [-0.1, -0.05) is 36.4 Å². The van der Waals surface area contributed by atoms with E-state index in [-0.39, 0.29) is 0 Å². The van der Waals surface area contributed by atoms with E-state index >= 15 is 0 Å². The van der Waals surface area contributed by atoms with E-state index < -0.39 is 5.66 Å². The Morgan fingerprint density at radius 1 is 0.737 bits per heavy atom. The number of nitrogens with zero attached hydrogens (tertiary/aromatic N) is 2. The van der Waals surface area contributed by atoms with E-state index in [9.17, 15) is 0 Å². The van der Waals surface area contributed by atoms with Gasteiger partial charge in [0.15, 0.2) is 12.4 Å². The molecular weight excluding hydrogens is 464 g/mol. The summed E-state index contributed by atoms with van der Waals surface area (Å²) >= 11 is 0. The highest BCUT2D eigenvalue weighted by atomic mass is 16.3. The fourth-order valence-corrected chi connectivity index (χ4v) is 7.27. The summed E-state index contributed by atoms with van der Waals surface area (Å²) in [5.41, 5.74) is 15.4. The van der Waals surface area contributed by atoms with Gasteiger partial charge in [-0.15, -0.1) is 9.13 Å². The second kappa shape index (κ2) is 6.68. The largest absolute Gasteiger partial charge is 0.454 e. The van der Waals surface area contributed by atoms with E-state index in [1.165, 1.54) is 72.2 Å². The lowest BCUT2D eigenvalue weighted by Gasteiger charge is -2.18. The van der Waals surface area contributed by atoms with Crippen LogP contribution >= 0.6 is 0 Å². The third-order valence-electron chi connectivity index (χ3n) is 9.12. The van der Waals surface area contributed by atoms with Gasteiger partial charge in [-0.2, -0.15) is 0 Å². The summed E-state index contributed by atoms with van der Waals surface area (Å²) < 4.78 is 11.9. The van der Waals surface area contributed by atoms with Gasteiger partial charge in [0.05, 0.1) is 5.56 Å². The van der Waals surface area contributed by atoms with Crippen LogP contribution in [0, 0.1) is 20.8 Å². The maximum Gasteiger partial charge on any atom is 0.417 e. The first-order valence-corrected chi connectivity index (χ1v) is 13.4. The van der Waals surface area contributed by atoms with Crippen LogP contribution < -0.4 is 9.13 Å². The van der Waals surface area contributed by atoms with Crippen molar-refractivity contribution in [2.45, 2.75) is 32.9 Å². The van der Waals surface area contributed by atoms with Gasteiger partial charge in [0, 0.05) is 39.6 Å². The topological polar surface area (TPSA) is 20.9 Å². The van der Waals surface area contributed by atoms with E-state index in [4.69, 9.17) is 4.42 Å². The number of allylic oxidation sites excluding steroid dienone is 1. The van der Waals surface area contributed by atoms with Gasteiger partial charge in [-0.05, 0) is 68.7 Å². The summed E-state index contributed by atoms with van der Waals surface area (Å²) in [6, 6.07) is 24.9. The highest BCUT2D eigenvalue weighted by Crippen LogP contribution is 2.51. The average molecular weight is 491 g/mol. The molecule has 3 aromatic carbocycles. The third-order valence-corrected chi connectivity index (χ3v) is 9.12. The molecule has 0 N–H and O–H groups in total. The molecule has 1 unspecified atom stereocenters. The first kappa shape index (κ1) is 20.5. The summed E-state index contributed by atoms with van der Waals surface area (Å²) in [5.74, 6) is 0. The number of furan rings is 1. The molecule has 3 nitrogen and oxygen atoms in total. The Morgan fingerprint density at radius 2 is 1.55 bits per heavy atom. The van der Waals surface area contributed by atoms with E-state index in [1.807, 2.05) is 0 Å². The lowest BCUT2D eigenvalue weighted by Crippen LogP contribution is -2.71. The highest BCUT2D eigenvalue weighted by Gasteiger charge is 2.67. The molecule has 1 spiro atoms. The molecule has 1 aliphatic carbocycles. The average Bonchev–Trinajstić information content (AvgIpc) is 3.67. The first-order chi connectivity index (χ1) is 18.6. The van der Waals surface area contributed by atoms with E-state index in [1.54, 1.807) is 0 Å². The normalized spacial score (nSPS) is 17.8. The number of aromatic nitrogens is 2. The molecule has 3 aromatic heterocycles. The van der Waals surface area contributed by atoms with Crippen LogP contribution in [0.5, 0.6) is 0 Å². The smallest absolute Gasteiger partial charge is 0.417 e. The number of benzene rings is 3. The van der Waals surface area contributed by atoms with Crippen LogP contribution in [-0.2, 0) is 12.1 Å². The van der Waals surface area contributed by atoms with Crippen LogP contribution in [-0.4, -0.2) is 0 Å². The summed E-state index contributed by atoms with van der Waals surface area (Å²) in [5, 5.41) is 2.38. The zero-order valence-electron chi connectivity index (χ0n) is 21.7. The molecule has 180 valence electrons. The molecule has 0 saturated carbocycles. The van der Waals surface area contributed by atoms with Crippen LogP contribution in [0.3, 0.4) is 0 Å². The molecule has 0 radical (unpaired) electrons. The number of aryl methyl sites for hydroxylation is 3. The summed E-state index contributed by atoms with van der Waals surface area (Å²) in [4.78, 5) is 0. The van der Waals surface area contributed by atoms with Crippen LogP contribution in [0.1, 0.15) is 38.9 Å². The molecule has 0 fully saturated rings. The van der Waals surface area contributed by atoms with Crippen molar-refractivity contribution >= 4 is 28.0 Å². The number of fused-ring (bicyclic) bond motifs is 16. The second-order valence-corrected chi connectivity index (χ2v) is 11.2. The van der Waals surface area contributed by atoms with Crippen LogP contribution in [0.4, 0.5) is 0 Å². The summed E-state index contributed by atoms with van der Waals surface area (Å²) in [7, 11) is 0. The third kappa shape index (κ3) is 2.20. The molecule has 6 aromatic rings. The Labute approximate surface area is 220 Å². The zero-order valence-corrected chi connectivity index (χ0v) is 21.7. The minimum Gasteiger partial charge on any atom is -0.454 e. The maximum atomic E-state index is 6.89. The van der Waals surface area contributed by atoms with Crippen molar-refractivity contribution in [3.05, 3.63) is 124 Å². The minimum absolute atomic E-state index is 0.518. The maximum absolute atomic E-state index is 6.89. The number of hydrogen-bond donors (Lipinski definition) is 0. The molecule has 2 aliphatic heterocycles. The van der Waals surface area contributed by atoms with E-state index in [0.29, 0.717) is 0 Å². The van der Waals surface area contributed by atoms with Crippen LogP contribution in [0.2, 0.25) is 0 Å². The molecule has 38 heavy (non-hydrogen) atoms. The van der Waals surface area contributed by atoms with Gasteiger partial charge < -0.3 is 4.42 Å². The first-order valence-electron chi connectivity index (χ1n) is 13.4. The van der Waals surface area contributed by atoms with Crippen molar-refractivity contribution in [1.29, 1.82) is 0 Å². The van der Waals surface area contributed by atoms with Gasteiger partial charge in [0.25, 0.3) is 0 Å². The van der Waals surface area contributed by atoms with Crippen molar-refractivity contribution in [3.8, 4) is 22.5 Å². The fraction of sp³-hybridized carbons (Fsp3) is 0.143. The van der Waals surface area contributed by atoms with Gasteiger partial charge in [0.1, 0.15) is 27.9 Å². The van der Waals surface area contributed by atoms with Gasteiger partial charge in [0.2, 0.25) is 11.4 Å². The van der Waals surface area contributed by atoms with E-state index in [2.05, 4.69) is 121 Å². The molecule has 0 bridgehead atoms.